The van der Waals surface area contributed by atoms with Gasteiger partial charge in [-0.25, -0.2) is 9.37 Å². The van der Waals surface area contributed by atoms with Crippen LogP contribution in [0.2, 0.25) is 0 Å². The maximum Gasteiger partial charge on any atom is 0.165 e. The lowest BCUT2D eigenvalue weighted by Crippen LogP contribution is -1.97. The highest BCUT2D eigenvalue weighted by molar-refractivity contribution is 5.82. The minimum atomic E-state index is -0.411. The van der Waals surface area contributed by atoms with Crippen LogP contribution in [0.4, 0.5) is 4.39 Å². The summed E-state index contributed by atoms with van der Waals surface area (Å²) in [7, 11) is 0. The molecule has 150 valence electrons. The molecule has 0 aliphatic heterocycles. The van der Waals surface area contributed by atoms with Crippen LogP contribution in [0.15, 0.2) is 61.3 Å². The van der Waals surface area contributed by atoms with Crippen molar-refractivity contribution < 1.29 is 14.2 Å². The number of nitrogens with zero attached hydrogens (tertiary/aromatic N) is 2. The number of fused-ring (bicyclic) bond motifs is 1. The Kier molecular flexibility index (Phi) is 7.09. The molecule has 1 atom stereocenters. The summed E-state index contributed by atoms with van der Waals surface area (Å²) in [5.41, 5.74) is 3.94. The van der Waals surface area contributed by atoms with E-state index in [9.17, 15) is 9.50 Å². The Morgan fingerprint density at radius 3 is 2.72 bits per heavy atom. The first-order valence-corrected chi connectivity index (χ1v) is 9.72. The van der Waals surface area contributed by atoms with Gasteiger partial charge in [-0.05, 0) is 67.7 Å². The Bertz CT molecular complexity index is 1010. The standard InChI is InChI=1S/C24H25FN2O2/c1-3-13-29-24-12-10-18(14-21(24)25)19-9-11-22-23(15-19)26-16-20(27-22)8-6-4-5-7-17(2)28/h3,6,8-12,14-17,28H,1,4-5,7,13H2,2H3. The minimum Gasteiger partial charge on any atom is -0.486 e. The number of aliphatic hydroxyl groups is 1. The van der Waals surface area contributed by atoms with Crippen LogP contribution >= 0.6 is 0 Å². The number of rotatable bonds is 9. The van der Waals surface area contributed by atoms with Gasteiger partial charge in [0.05, 0.1) is 29.0 Å². The summed E-state index contributed by atoms with van der Waals surface area (Å²) in [6.07, 6.45) is 9.65. The molecular formula is C24H25FN2O2. The van der Waals surface area contributed by atoms with Crippen molar-refractivity contribution >= 4 is 17.1 Å². The number of hydrogen-bond donors (Lipinski definition) is 1. The molecule has 5 heteroatoms. The molecule has 0 amide bonds. The van der Waals surface area contributed by atoms with Crippen molar-refractivity contribution in [2.24, 2.45) is 0 Å². The predicted octanol–water partition coefficient (Wildman–Crippen LogP) is 5.57. The molecule has 1 unspecified atom stereocenters. The van der Waals surface area contributed by atoms with Crippen LogP contribution in [-0.4, -0.2) is 27.8 Å². The van der Waals surface area contributed by atoms with Gasteiger partial charge in [0.25, 0.3) is 0 Å². The fourth-order valence-corrected chi connectivity index (χ4v) is 2.97. The molecule has 0 aliphatic carbocycles. The highest BCUT2D eigenvalue weighted by atomic mass is 19.1. The SMILES string of the molecule is C=CCOc1ccc(-c2ccc3nc(C=CCCCC(C)O)cnc3c2)cc1F. The van der Waals surface area contributed by atoms with Crippen molar-refractivity contribution in [1.82, 2.24) is 9.97 Å². The van der Waals surface area contributed by atoms with Crippen LogP contribution in [0.5, 0.6) is 5.75 Å². The van der Waals surface area contributed by atoms with Crippen LogP contribution in [0, 0.1) is 5.82 Å². The third-order valence-corrected chi connectivity index (χ3v) is 4.46. The molecule has 0 spiro atoms. The summed E-state index contributed by atoms with van der Waals surface area (Å²) in [5, 5.41) is 9.28. The summed E-state index contributed by atoms with van der Waals surface area (Å²) < 4.78 is 19.5. The fraction of sp³-hybridized carbons (Fsp3) is 0.250. The lowest BCUT2D eigenvalue weighted by atomic mass is 10.0. The van der Waals surface area contributed by atoms with Crippen molar-refractivity contribution in [2.75, 3.05) is 6.61 Å². The van der Waals surface area contributed by atoms with E-state index in [0.717, 1.165) is 47.1 Å². The summed E-state index contributed by atoms with van der Waals surface area (Å²) in [4.78, 5) is 9.10. The lowest BCUT2D eigenvalue weighted by Gasteiger charge is -2.08. The first-order chi connectivity index (χ1) is 14.1. The van der Waals surface area contributed by atoms with Gasteiger partial charge in [-0.2, -0.15) is 0 Å². The average Bonchev–Trinajstić information content (AvgIpc) is 2.72. The second-order valence-electron chi connectivity index (χ2n) is 6.93. The van der Waals surface area contributed by atoms with Gasteiger partial charge in [0.15, 0.2) is 11.6 Å². The molecule has 0 radical (unpaired) electrons. The third kappa shape index (κ3) is 5.72. The highest BCUT2D eigenvalue weighted by Crippen LogP contribution is 2.27. The van der Waals surface area contributed by atoms with E-state index in [4.69, 9.17) is 4.74 Å². The molecule has 1 aromatic heterocycles. The zero-order valence-corrected chi connectivity index (χ0v) is 16.5. The Balaban J connectivity index is 1.74. The number of benzene rings is 2. The Morgan fingerprint density at radius 1 is 1.17 bits per heavy atom. The summed E-state index contributed by atoms with van der Waals surface area (Å²) in [6, 6.07) is 10.6. The fourth-order valence-electron chi connectivity index (χ4n) is 2.97. The van der Waals surface area contributed by atoms with E-state index in [-0.39, 0.29) is 18.5 Å². The molecular weight excluding hydrogens is 367 g/mol. The number of halogens is 1. The molecule has 0 aliphatic rings. The molecule has 0 saturated carbocycles. The van der Waals surface area contributed by atoms with Crippen molar-refractivity contribution in [2.45, 2.75) is 32.3 Å². The molecule has 0 bridgehead atoms. The normalized spacial score (nSPS) is 12.4. The van der Waals surface area contributed by atoms with Gasteiger partial charge in [-0.3, -0.25) is 4.98 Å². The molecule has 2 aromatic carbocycles. The van der Waals surface area contributed by atoms with E-state index in [2.05, 4.69) is 16.5 Å². The van der Waals surface area contributed by atoms with Gasteiger partial charge >= 0.3 is 0 Å². The Morgan fingerprint density at radius 2 is 1.97 bits per heavy atom. The van der Waals surface area contributed by atoms with Crippen molar-refractivity contribution in [3.05, 3.63) is 72.8 Å². The molecule has 0 saturated heterocycles. The van der Waals surface area contributed by atoms with Gasteiger partial charge < -0.3 is 9.84 Å². The van der Waals surface area contributed by atoms with E-state index in [1.165, 1.54) is 6.07 Å². The number of hydrogen-bond acceptors (Lipinski definition) is 4. The molecule has 1 heterocycles. The summed E-state index contributed by atoms with van der Waals surface area (Å²) in [6.45, 7) is 5.62. The number of aliphatic hydroxyl groups excluding tert-OH is 1. The summed E-state index contributed by atoms with van der Waals surface area (Å²) in [5.74, 6) is -0.203. The van der Waals surface area contributed by atoms with Crippen LogP contribution < -0.4 is 4.74 Å². The highest BCUT2D eigenvalue weighted by Gasteiger charge is 2.08. The predicted molar refractivity (Wildman–Crippen MR) is 115 cm³/mol. The number of ether oxygens (including phenoxy) is 1. The van der Waals surface area contributed by atoms with Gasteiger partial charge in [-0.15, -0.1) is 0 Å². The molecule has 3 aromatic rings. The van der Waals surface area contributed by atoms with Gasteiger partial charge in [0, 0.05) is 0 Å². The van der Waals surface area contributed by atoms with Crippen LogP contribution in [0.25, 0.3) is 28.2 Å². The topological polar surface area (TPSA) is 55.2 Å². The minimum absolute atomic E-state index is 0.208. The van der Waals surface area contributed by atoms with Gasteiger partial charge in [0.2, 0.25) is 0 Å². The largest absolute Gasteiger partial charge is 0.486 e. The molecule has 1 N–H and O–H groups in total. The van der Waals surface area contributed by atoms with E-state index in [0.29, 0.717) is 0 Å². The summed E-state index contributed by atoms with van der Waals surface area (Å²) >= 11 is 0. The van der Waals surface area contributed by atoms with E-state index in [1.807, 2.05) is 36.4 Å². The molecule has 0 fully saturated rings. The maximum atomic E-state index is 14.2. The quantitative estimate of drug-likeness (QED) is 0.382. The number of allylic oxidation sites excluding steroid dienone is 1. The van der Waals surface area contributed by atoms with E-state index >= 15 is 0 Å². The monoisotopic (exact) mass is 392 g/mol. The number of unbranched alkanes of at least 4 members (excludes halogenated alkanes) is 1. The van der Waals surface area contributed by atoms with Crippen molar-refractivity contribution in [1.29, 1.82) is 0 Å². The number of aromatic nitrogens is 2. The zero-order chi connectivity index (χ0) is 20.6. The second kappa shape index (κ2) is 9.94. The van der Waals surface area contributed by atoms with Crippen molar-refractivity contribution in [3.63, 3.8) is 0 Å². The Hall–Kier alpha value is -3.05. The maximum absolute atomic E-state index is 14.2. The lowest BCUT2D eigenvalue weighted by molar-refractivity contribution is 0.182. The first-order valence-electron chi connectivity index (χ1n) is 9.72. The first kappa shape index (κ1) is 20.7. The van der Waals surface area contributed by atoms with Crippen LogP contribution in [-0.2, 0) is 0 Å². The van der Waals surface area contributed by atoms with E-state index in [1.54, 1.807) is 25.3 Å². The average molecular weight is 392 g/mol. The molecule has 29 heavy (non-hydrogen) atoms. The molecule has 3 rings (SSSR count). The van der Waals surface area contributed by atoms with Gasteiger partial charge in [-0.1, -0.05) is 30.9 Å². The smallest absolute Gasteiger partial charge is 0.165 e. The van der Waals surface area contributed by atoms with Crippen molar-refractivity contribution in [3.8, 4) is 16.9 Å². The zero-order valence-electron chi connectivity index (χ0n) is 16.5. The second-order valence-corrected chi connectivity index (χ2v) is 6.93. The van der Waals surface area contributed by atoms with Gasteiger partial charge in [0.1, 0.15) is 6.61 Å². The van der Waals surface area contributed by atoms with Crippen LogP contribution in [0.1, 0.15) is 31.9 Å². The Labute approximate surface area is 170 Å². The molecule has 4 nitrogen and oxygen atoms in total. The van der Waals surface area contributed by atoms with Crippen LogP contribution in [0.3, 0.4) is 0 Å². The third-order valence-electron chi connectivity index (χ3n) is 4.46. The van der Waals surface area contributed by atoms with E-state index < -0.39 is 5.82 Å².